The minimum absolute atomic E-state index is 0.0518. The molecule has 0 spiro atoms. The number of carboxylic acid groups (broad SMARTS) is 1. The normalized spacial score (nSPS) is 12.2. The molecule has 7 heteroatoms. The highest BCUT2D eigenvalue weighted by molar-refractivity contribution is 5.92. The highest BCUT2D eigenvalue weighted by Crippen LogP contribution is 2.32. The molecule has 0 amide bonds. The fraction of sp³-hybridized carbons (Fsp3) is 0.148. The molecule has 5 aromatic rings. The Morgan fingerprint density at radius 1 is 1.09 bits per heavy atom. The molecule has 3 heterocycles. The smallest absolute Gasteiger partial charge is 0.356 e. The molecule has 0 unspecified atom stereocenters. The summed E-state index contributed by atoms with van der Waals surface area (Å²) in [7, 11) is 0. The maximum Gasteiger partial charge on any atom is 0.356 e. The molecule has 7 nitrogen and oxygen atoms in total. The summed E-state index contributed by atoms with van der Waals surface area (Å²) in [6, 6.07) is 18.2. The summed E-state index contributed by atoms with van der Waals surface area (Å²) in [5.74, 6) is -0.672. The Bertz CT molecular complexity index is 1600. The van der Waals surface area contributed by atoms with Crippen LogP contribution >= 0.6 is 0 Å². The number of aromatic amines is 1. The van der Waals surface area contributed by atoms with Gasteiger partial charge in [-0.15, -0.1) is 0 Å². The Hall–Kier alpha value is -4.39. The van der Waals surface area contributed by atoms with Crippen molar-refractivity contribution in [3.8, 4) is 11.5 Å². The molecule has 5 rings (SSSR count). The van der Waals surface area contributed by atoms with Gasteiger partial charge in [0.1, 0.15) is 5.58 Å². The van der Waals surface area contributed by atoms with Crippen LogP contribution in [0, 0.1) is 13.8 Å². The number of nitrogens with zero attached hydrogens (tertiary/aromatic N) is 1. The number of rotatable bonds is 5. The van der Waals surface area contributed by atoms with Crippen LogP contribution in [0.1, 0.15) is 40.3 Å². The zero-order valence-electron chi connectivity index (χ0n) is 19.0. The van der Waals surface area contributed by atoms with Crippen LogP contribution in [0.2, 0.25) is 0 Å². The third-order valence-corrected chi connectivity index (χ3v) is 5.87. The van der Waals surface area contributed by atoms with Crippen LogP contribution in [0.3, 0.4) is 0 Å². The number of anilines is 1. The van der Waals surface area contributed by atoms with Gasteiger partial charge in [-0.1, -0.05) is 24.3 Å². The molecule has 1 atom stereocenters. The Morgan fingerprint density at radius 3 is 2.65 bits per heavy atom. The number of nitrogens with one attached hydrogen (secondary N) is 2. The minimum Gasteiger partial charge on any atom is -0.476 e. The Labute approximate surface area is 195 Å². The molecule has 0 bridgehead atoms. The van der Waals surface area contributed by atoms with E-state index in [9.17, 15) is 14.7 Å². The third-order valence-electron chi connectivity index (χ3n) is 5.87. The second-order valence-corrected chi connectivity index (χ2v) is 8.50. The van der Waals surface area contributed by atoms with Crippen LogP contribution < -0.4 is 10.7 Å². The average Bonchev–Trinajstić information content (AvgIpc) is 3.24. The van der Waals surface area contributed by atoms with Gasteiger partial charge in [-0.25, -0.2) is 9.78 Å². The maximum absolute atomic E-state index is 13.1. The second-order valence-electron chi connectivity index (χ2n) is 8.50. The first-order chi connectivity index (χ1) is 16.3. The topological polar surface area (TPSA) is 108 Å². The lowest BCUT2D eigenvalue weighted by molar-refractivity contribution is 0.0691. The van der Waals surface area contributed by atoms with Crippen molar-refractivity contribution < 1.29 is 14.3 Å². The van der Waals surface area contributed by atoms with Gasteiger partial charge in [0, 0.05) is 28.2 Å². The van der Waals surface area contributed by atoms with E-state index in [0.717, 1.165) is 22.0 Å². The summed E-state index contributed by atoms with van der Waals surface area (Å²) in [5.41, 5.74) is 4.60. The highest BCUT2D eigenvalue weighted by Gasteiger charge is 2.19. The second kappa shape index (κ2) is 8.19. The molecule has 3 aromatic heterocycles. The predicted molar refractivity (Wildman–Crippen MR) is 132 cm³/mol. The standard InChI is InChI=1S/C27H23N3O4/c1-14-10-18(16(3)29-21-9-8-15(2)28-25(21)27(32)33)26-19(11-14)23(31)13-24(34-26)22-12-17-6-4-5-7-20(17)30-22/h4-13,16,29-30H,1-3H3,(H,32,33)/t16-/m1/s1. The Morgan fingerprint density at radius 2 is 1.88 bits per heavy atom. The number of hydrogen-bond acceptors (Lipinski definition) is 5. The number of carboxylic acids is 1. The number of fused-ring (bicyclic) bond motifs is 2. The maximum atomic E-state index is 13.1. The molecule has 34 heavy (non-hydrogen) atoms. The molecule has 0 aliphatic carbocycles. The molecule has 2 aromatic carbocycles. The summed E-state index contributed by atoms with van der Waals surface area (Å²) >= 11 is 0. The van der Waals surface area contributed by atoms with E-state index in [4.69, 9.17) is 4.42 Å². The van der Waals surface area contributed by atoms with Crippen molar-refractivity contribution in [1.82, 2.24) is 9.97 Å². The fourth-order valence-corrected chi connectivity index (χ4v) is 4.24. The number of carbonyl (C=O) groups is 1. The van der Waals surface area contributed by atoms with Gasteiger partial charge in [0.2, 0.25) is 0 Å². The van der Waals surface area contributed by atoms with Gasteiger partial charge in [0.05, 0.1) is 22.8 Å². The van der Waals surface area contributed by atoms with Crippen LogP contribution in [0.5, 0.6) is 0 Å². The first-order valence-corrected chi connectivity index (χ1v) is 10.9. The quantitative estimate of drug-likeness (QED) is 0.309. The van der Waals surface area contributed by atoms with Gasteiger partial charge in [-0.2, -0.15) is 0 Å². The van der Waals surface area contributed by atoms with Gasteiger partial charge in [-0.05, 0) is 56.7 Å². The number of benzene rings is 2. The van der Waals surface area contributed by atoms with Crippen LogP contribution in [0.25, 0.3) is 33.3 Å². The SMILES string of the molecule is Cc1cc([C@@H](C)Nc2ccc(C)nc2C(=O)O)c2oc(-c3cc4ccccc4[nH]3)cc(=O)c2c1. The Balaban J connectivity index is 1.63. The molecule has 3 N–H and O–H groups in total. The summed E-state index contributed by atoms with van der Waals surface area (Å²) in [6.07, 6.45) is 0. The molecule has 170 valence electrons. The average molecular weight is 453 g/mol. The summed E-state index contributed by atoms with van der Waals surface area (Å²) in [4.78, 5) is 32.2. The number of aryl methyl sites for hydroxylation is 2. The molecule has 0 fully saturated rings. The number of aromatic carboxylic acids is 1. The number of hydrogen-bond donors (Lipinski definition) is 3. The van der Waals surface area contributed by atoms with E-state index < -0.39 is 5.97 Å². The number of H-pyrrole nitrogens is 1. The van der Waals surface area contributed by atoms with Crippen molar-refractivity contribution in [3.63, 3.8) is 0 Å². The van der Waals surface area contributed by atoms with E-state index in [1.165, 1.54) is 6.07 Å². The molecular weight excluding hydrogens is 430 g/mol. The van der Waals surface area contributed by atoms with Crippen molar-refractivity contribution in [3.05, 3.63) is 93.4 Å². The molecule has 0 aliphatic heterocycles. The van der Waals surface area contributed by atoms with Crippen molar-refractivity contribution in [2.75, 3.05) is 5.32 Å². The highest BCUT2D eigenvalue weighted by atomic mass is 16.4. The summed E-state index contributed by atoms with van der Waals surface area (Å²) in [6.45, 7) is 5.56. The van der Waals surface area contributed by atoms with Gasteiger partial charge >= 0.3 is 5.97 Å². The van der Waals surface area contributed by atoms with Crippen LogP contribution in [-0.2, 0) is 0 Å². The first-order valence-electron chi connectivity index (χ1n) is 10.9. The minimum atomic E-state index is -1.11. The van der Waals surface area contributed by atoms with E-state index in [1.54, 1.807) is 19.1 Å². The molecule has 0 aliphatic rings. The predicted octanol–water partition coefficient (Wildman–Crippen LogP) is 5.82. The summed E-state index contributed by atoms with van der Waals surface area (Å²) in [5, 5.41) is 14.3. The largest absolute Gasteiger partial charge is 0.476 e. The van der Waals surface area contributed by atoms with Gasteiger partial charge < -0.3 is 19.8 Å². The fourth-order valence-electron chi connectivity index (χ4n) is 4.24. The monoisotopic (exact) mass is 453 g/mol. The number of pyridine rings is 1. The first kappa shape index (κ1) is 21.5. The van der Waals surface area contributed by atoms with E-state index in [-0.39, 0.29) is 17.2 Å². The molecule has 0 saturated heterocycles. The van der Waals surface area contributed by atoms with E-state index in [2.05, 4.69) is 15.3 Å². The van der Waals surface area contributed by atoms with Gasteiger partial charge in [0.25, 0.3) is 0 Å². The van der Waals surface area contributed by atoms with Crippen molar-refractivity contribution in [1.29, 1.82) is 0 Å². The molecule has 0 saturated carbocycles. The lowest BCUT2D eigenvalue weighted by Gasteiger charge is -2.19. The van der Waals surface area contributed by atoms with E-state index in [1.807, 2.05) is 56.3 Å². The number of aromatic nitrogens is 2. The zero-order chi connectivity index (χ0) is 24.0. The van der Waals surface area contributed by atoms with E-state index in [0.29, 0.717) is 33.8 Å². The van der Waals surface area contributed by atoms with Crippen LogP contribution in [0.15, 0.2) is 69.9 Å². The van der Waals surface area contributed by atoms with Gasteiger partial charge in [-0.3, -0.25) is 4.79 Å². The van der Waals surface area contributed by atoms with Crippen LogP contribution in [0.4, 0.5) is 5.69 Å². The van der Waals surface area contributed by atoms with E-state index >= 15 is 0 Å². The van der Waals surface area contributed by atoms with Crippen molar-refractivity contribution in [2.24, 2.45) is 0 Å². The number of para-hydroxylation sites is 1. The van der Waals surface area contributed by atoms with Crippen molar-refractivity contribution >= 4 is 33.5 Å². The zero-order valence-corrected chi connectivity index (χ0v) is 19.0. The lowest BCUT2D eigenvalue weighted by atomic mass is 10.0. The summed E-state index contributed by atoms with van der Waals surface area (Å²) < 4.78 is 6.30. The lowest BCUT2D eigenvalue weighted by Crippen LogP contribution is -2.14. The van der Waals surface area contributed by atoms with Gasteiger partial charge in [0.15, 0.2) is 16.9 Å². The Kier molecular flexibility index (Phi) is 5.17. The van der Waals surface area contributed by atoms with Crippen molar-refractivity contribution in [2.45, 2.75) is 26.8 Å². The molecule has 0 radical (unpaired) electrons. The third kappa shape index (κ3) is 3.81. The molecular formula is C27H23N3O4. The van der Waals surface area contributed by atoms with Crippen LogP contribution in [-0.4, -0.2) is 21.0 Å².